The summed E-state index contributed by atoms with van der Waals surface area (Å²) in [5.74, 6) is 1.44. The van der Waals surface area contributed by atoms with Crippen LogP contribution in [0.1, 0.15) is 38.5 Å². The van der Waals surface area contributed by atoms with Crippen LogP contribution in [0.2, 0.25) is 0 Å². The molecular weight excluding hydrogens is 213 g/mol. The van der Waals surface area contributed by atoms with Gasteiger partial charge < -0.3 is 5.32 Å². The van der Waals surface area contributed by atoms with Gasteiger partial charge in [-0.15, -0.1) is 0 Å². The molecule has 3 rings (SSSR count). The van der Waals surface area contributed by atoms with Crippen LogP contribution in [0.25, 0.3) is 0 Å². The molecule has 2 heteroatoms. The smallest absolute Gasteiger partial charge is 0.146 e. The van der Waals surface area contributed by atoms with Gasteiger partial charge in [0, 0.05) is 6.04 Å². The number of anilines is 1. The molecule has 2 fully saturated rings. The van der Waals surface area contributed by atoms with Crippen molar-refractivity contribution < 1.29 is 4.39 Å². The maximum Gasteiger partial charge on any atom is 0.146 e. The SMILES string of the molecule is Fc1ccccc1NC(C1CCC1)C1CCC1. The molecule has 0 amide bonds. The van der Waals surface area contributed by atoms with E-state index in [1.54, 1.807) is 12.1 Å². The molecular formula is C15H20FN. The average Bonchev–Trinajstić information content (AvgIpc) is 2.16. The molecule has 1 nitrogen and oxygen atoms in total. The minimum absolute atomic E-state index is 0.115. The van der Waals surface area contributed by atoms with Gasteiger partial charge in [-0.25, -0.2) is 4.39 Å². The van der Waals surface area contributed by atoms with Gasteiger partial charge in [0.15, 0.2) is 0 Å². The van der Waals surface area contributed by atoms with Crippen molar-refractivity contribution in [2.75, 3.05) is 5.32 Å². The van der Waals surface area contributed by atoms with E-state index in [-0.39, 0.29) is 5.82 Å². The molecule has 0 atom stereocenters. The van der Waals surface area contributed by atoms with Crippen molar-refractivity contribution in [1.29, 1.82) is 0 Å². The standard InChI is InChI=1S/C15H20FN/c16-13-9-1-2-10-14(13)17-15(11-5-3-6-11)12-7-4-8-12/h1-2,9-12,15,17H,3-8H2. The Labute approximate surface area is 102 Å². The zero-order chi connectivity index (χ0) is 11.7. The summed E-state index contributed by atoms with van der Waals surface area (Å²) < 4.78 is 13.7. The monoisotopic (exact) mass is 233 g/mol. The molecule has 0 bridgehead atoms. The van der Waals surface area contributed by atoms with Gasteiger partial charge in [0.05, 0.1) is 5.69 Å². The molecule has 0 heterocycles. The molecule has 1 N–H and O–H groups in total. The van der Waals surface area contributed by atoms with Crippen molar-refractivity contribution in [3.8, 4) is 0 Å². The minimum Gasteiger partial charge on any atom is -0.379 e. The molecule has 1 aromatic rings. The molecule has 1 aromatic carbocycles. The van der Waals surface area contributed by atoms with Crippen LogP contribution in [0.3, 0.4) is 0 Å². The largest absolute Gasteiger partial charge is 0.379 e. The van der Waals surface area contributed by atoms with Crippen molar-refractivity contribution in [3.63, 3.8) is 0 Å². The molecule has 0 saturated heterocycles. The van der Waals surface area contributed by atoms with Crippen molar-refractivity contribution >= 4 is 5.69 Å². The minimum atomic E-state index is -0.115. The Morgan fingerprint density at radius 3 is 2.06 bits per heavy atom. The lowest BCUT2D eigenvalue weighted by atomic mass is 9.68. The summed E-state index contributed by atoms with van der Waals surface area (Å²) >= 11 is 0. The van der Waals surface area contributed by atoms with E-state index >= 15 is 0 Å². The zero-order valence-electron chi connectivity index (χ0n) is 10.2. The van der Waals surface area contributed by atoms with Gasteiger partial charge in [0.2, 0.25) is 0 Å². The second-order valence-electron chi connectivity index (χ2n) is 5.53. The van der Waals surface area contributed by atoms with Crippen LogP contribution in [0, 0.1) is 17.7 Å². The molecule has 0 unspecified atom stereocenters. The van der Waals surface area contributed by atoms with Crippen molar-refractivity contribution in [2.45, 2.75) is 44.6 Å². The maximum atomic E-state index is 13.7. The van der Waals surface area contributed by atoms with Gasteiger partial charge in [-0.1, -0.05) is 25.0 Å². The molecule has 0 aliphatic heterocycles. The lowest BCUT2D eigenvalue weighted by Crippen LogP contribution is -2.42. The third-order valence-corrected chi connectivity index (χ3v) is 4.51. The zero-order valence-corrected chi connectivity index (χ0v) is 10.2. The summed E-state index contributed by atoms with van der Waals surface area (Å²) in [7, 11) is 0. The number of nitrogens with one attached hydrogen (secondary N) is 1. The fourth-order valence-corrected chi connectivity index (χ4v) is 2.98. The molecule has 0 radical (unpaired) electrons. The topological polar surface area (TPSA) is 12.0 Å². The Hall–Kier alpha value is -1.05. The summed E-state index contributed by atoms with van der Waals surface area (Å²) in [6, 6.07) is 7.57. The first-order valence-electron chi connectivity index (χ1n) is 6.85. The Morgan fingerprint density at radius 2 is 1.59 bits per heavy atom. The first-order chi connectivity index (χ1) is 8.34. The number of benzene rings is 1. The van der Waals surface area contributed by atoms with Gasteiger partial charge in [-0.3, -0.25) is 0 Å². The molecule has 2 aliphatic rings. The first-order valence-corrected chi connectivity index (χ1v) is 6.85. The highest BCUT2D eigenvalue weighted by Gasteiger charge is 2.36. The number of hydrogen-bond acceptors (Lipinski definition) is 1. The van der Waals surface area contributed by atoms with Crippen LogP contribution in [-0.4, -0.2) is 6.04 Å². The molecule has 0 spiro atoms. The van der Waals surface area contributed by atoms with E-state index in [2.05, 4.69) is 5.32 Å². The number of halogens is 1. The lowest BCUT2D eigenvalue weighted by Gasteiger charge is -2.43. The number of para-hydroxylation sites is 1. The summed E-state index contributed by atoms with van der Waals surface area (Å²) in [5, 5.41) is 3.48. The van der Waals surface area contributed by atoms with Crippen LogP contribution >= 0.6 is 0 Å². The second-order valence-corrected chi connectivity index (χ2v) is 5.53. The van der Waals surface area contributed by atoms with Gasteiger partial charge in [0.1, 0.15) is 5.82 Å². The Morgan fingerprint density at radius 1 is 1.00 bits per heavy atom. The Balaban J connectivity index is 1.73. The summed E-state index contributed by atoms with van der Waals surface area (Å²) in [4.78, 5) is 0. The summed E-state index contributed by atoms with van der Waals surface area (Å²) in [5.41, 5.74) is 0.691. The maximum absolute atomic E-state index is 13.7. The van der Waals surface area contributed by atoms with Crippen LogP contribution < -0.4 is 5.32 Å². The van der Waals surface area contributed by atoms with Crippen LogP contribution in [0.5, 0.6) is 0 Å². The third kappa shape index (κ3) is 2.18. The van der Waals surface area contributed by atoms with E-state index in [1.165, 1.54) is 38.5 Å². The summed E-state index contributed by atoms with van der Waals surface area (Å²) in [6.07, 6.45) is 8.00. The number of rotatable bonds is 4. The highest BCUT2D eigenvalue weighted by molar-refractivity contribution is 5.45. The highest BCUT2D eigenvalue weighted by Crippen LogP contribution is 2.41. The van der Waals surface area contributed by atoms with Gasteiger partial charge >= 0.3 is 0 Å². The summed E-state index contributed by atoms with van der Waals surface area (Å²) in [6.45, 7) is 0. The van der Waals surface area contributed by atoms with Crippen LogP contribution in [-0.2, 0) is 0 Å². The predicted molar refractivity (Wildman–Crippen MR) is 68.5 cm³/mol. The average molecular weight is 233 g/mol. The highest BCUT2D eigenvalue weighted by atomic mass is 19.1. The van der Waals surface area contributed by atoms with Crippen molar-refractivity contribution in [1.82, 2.24) is 0 Å². The number of hydrogen-bond donors (Lipinski definition) is 1. The normalized spacial score (nSPS) is 21.1. The second kappa shape index (κ2) is 4.67. The van der Waals surface area contributed by atoms with E-state index in [9.17, 15) is 4.39 Å². The third-order valence-electron chi connectivity index (χ3n) is 4.51. The van der Waals surface area contributed by atoms with E-state index in [0.29, 0.717) is 11.7 Å². The quantitative estimate of drug-likeness (QED) is 0.821. The molecule has 2 aliphatic carbocycles. The Kier molecular flexibility index (Phi) is 3.04. The van der Waals surface area contributed by atoms with E-state index in [1.807, 2.05) is 12.1 Å². The van der Waals surface area contributed by atoms with Gasteiger partial charge in [0.25, 0.3) is 0 Å². The van der Waals surface area contributed by atoms with E-state index < -0.39 is 0 Å². The first kappa shape index (κ1) is 11.1. The molecule has 92 valence electrons. The fourth-order valence-electron chi connectivity index (χ4n) is 2.98. The van der Waals surface area contributed by atoms with Gasteiger partial charge in [-0.2, -0.15) is 0 Å². The molecule has 2 saturated carbocycles. The van der Waals surface area contributed by atoms with Gasteiger partial charge in [-0.05, 0) is 49.7 Å². The van der Waals surface area contributed by atoms with E-state index in [0.717, 1.165) is 11.8 Å². The fraction of sp³-hybridized carbons (Fsp3) is 0.600. The van der Waals surface area contributed by atoms with Crippen LogP contribution in [0.15, 0.2) is 24.3 Å². The predicted octanol–water partition coefficient (Wildman–Crippen LogP) is 4.21. The molecule has 0 aromatic heterocycles. The molecule has 17 heavy (non-hydrogen) atoms. The lowest BCUT2D eigenvalue weighted by molar-refractivity contribution is 0.166. The van der Waals surface area contributed by atoms with Crippen molar-refractivity contribution in [3.05, 3.63) is 30.1 Å². The van der Waals surface area contributed by atoms with Crippen molar-refractivity contribution in [2.24, 2.45) is 11.8 Å². The Bertz CT molecular complexity index is 368. The van der Waals surface area contributed by atoms with Crippen LogP contribution in [0.4, 0.5) is 10.1 Å². The van der Waals surface area contributed by atoms with E-state index in [4.69, 9.17) is 0 Å².